The Balaban J connectivity index is 2.32. The molecule has 0 saturated carbocycles. The summed E-state index contributed by atoms with van der Waals surface area (Å²) in [6.45, 7) is 6.65. The van der Waals surface area contributed by atoms with Crippen LogP contribution >= 0.6 is 0 Å². The first-order valence-corrected chi connectivity index (χ1v) is 4.59. The summed E-state index contributed by atoms with van der Waals surface area (Å²) in [4.78, 5) is 5.01. The molecular weight excluding hydrogens is 162 g/mol. The Hall–Kier alpha value is -0.860. The fraction of sp³-hybridized carbons (Fsp3) is 0.455. The van der Waals surface area contributed by atoms with Gasteiger partial charge in [-0.2, -0.15) is 5.48 Å². The summed E-state index contributed by atoms with van der Waals surface area (Å²) in [6, 6.07) is 8.52. The molecule has 0 amide bonds. The third-order valence-corrected chi connectivity index (χ3v) is 2.29. The Bertz CT molecular complexity index is 310. The number of benzene rings is 1. The number of hydroxylamine groups is 1. The molecule has 0 radical (unpaired) electrons. The van der Waals surface area contributed by atoms with Crippen molar-refractivity contribution in [3.05, 3.63) is 35.4 Å². The molecule has 1 atom stereocenters. The molecule has 70 valence electrons. The van der Waals surface area contributed by atoms with Crippen molar-refractivity contribution >= 4 is 0 Å². The van der Waals surface area contributed by atoms with E-state index >= 15 is 0 Å². The number of nitrogens with one attached hydrogen (secondary N) is 1. The van der Waals surface area contributed by atoms with E-state index in [0.29, 0.717) is 0 Å². The van der Waals surface area contributed by atoms with Gasteiger partial charge in [0.05, 0.1) is 0 Å². The third kappa shape index (κ3) is 1.90. The summed E-state index contributed by atoms with van der Waals surface area (Å²) in [5.41, 5.74) is 5.61. The number of hydrogen-bond acceptors (Lipinski definition) is 2. The molecule has 1 fully saturated rings. The molecule has 0 bridgehead atoms. The van der Waals surface area contributed by atoms with Gasteiger partial charge in [-0.05, 0) is 16.5 Å². The minimum Gasteiger partial charge on any atom is -0.273 e. The predicted octanol–water partition coefficient (Wildman–Crippen LogP) is 2.52. The smallest absolute Gasteiger partial charge is 0.176 e. The van der Waals surface area contributed by atoms with Crippen molar-refractivity contribution in [2.24, 2.45) is 0 Å². The highest BCUT2D eigenvalue weighted by molar-refractivity contribution is 5.30. The molecule has 1 aromatic carbocycles. The molecule has 0 aromatic heterocycles. The van der Waals surface area contributed by atoms with Crippen molar-refractivity contribution in [3.8, 4) is 0 Å². The van der Waals surface area contributed by atoms with Gasteiger partial charge in [0.1, 0.15) is 0 Å². The van der Waals surface area contributed by atoms with Gasteiger partial charge >= 0.3 is 0 Å². The fourth-order valence-corrected chi connectivity index (χ4v) is 1.34. The molecule has 1 N–H and O–H groups in total. The van der Waals surface area contributed by atoms with Crippen LogP contribution in [0.4, 0.5) is 0 Å². The summed E-state index contributed by atoms with van der Waals surface area (Å²) in [5, 5.41) is 0. The molecule has 1 aliphatic heterocycles. The van der Waals surface area contributed by atoms with Gasteiger partial charge in [0.15, 0.2) is 6.23 Å². The zero-order valence-electron chi connectivity index (χ0n) is 8.29. The topological polar surface area (TPSA) is 34.5 Å². The Morgan fingerprint density at radius 2 is 2.00 bits per heavy atom. The van der Waals surface area contributed by atoms with E-state index in [9.17, 15) is 0 Å². The van der Waals surface area contributed by atoms with Gasteiger partial charge in [-0.3, -0.25) is 4.84 Å². The average Bonchev–Trinajstić information content (AvgIpc) is 2.85. The lowest BCUT2D eigenvalue weighted by Crippen LogP contribution is -2.11. The lowest BCUT2D eigenvalue weighted by molar-refractivity contribution is 0.374. The molecule has 0 aliphatic carbocycles. The van der Waals surface area contributed by atoms with Gasteiger partial charge in [-0.15, -0.1) is 0 Å². The minimum atomic E-state index is 0.127. The monoisotopic (exact) mass is 177 g/mol. The van der Waals surface area contributed by atoms with Gasteiger partial charge in [-0.1, -0.05) is 45.0 Å². The second-order valence-electron chi connectivity index (χ2n) is 4.49. The zero-order valence-corrected chi connectivity index (χ0v) is 8.29. The van der Waals surface area contributed by atoms with E-state index in [1.54, 1.807) is 0 Å². The van der Waals surface area contributed by atoms with Gasteiger partial charge in [0.2, 0.25) is 0 Å². The van der Waals surface area contributed by atoms with Crippen LogP contribution in [0.1, 0.15) is 38.1 Å². The molecule has 1 aliphatic rings. The first-order valence-electron chi connectivity index (χ1n) is 4.59. The maximum atomic E-state index is 5.01. The molecule has 2 nitrogen and oxygen atoms in total. The van der Waals surface area contributed by atoms with E-state index in [1.165, 1.54) is 11.1 Å². The lowest BCUT2D eigenvalue weighted by atomic mass is 9.86. The summed E-state index contributed by atoms with van der Waals surface area (Å²) >= 11 is 0. The highest BCUT2D eigenvalue weighted by Gasteiger charge is 2.25. The van der Waals surface area contributed by atoms with Crippen molar-refractivity contribution in [3.63, 3.8) is 0 Å². The lowest BCUT2D eigenvalue weighted by Gasteiger charge is -2.19. The summed E-state index contributed by atoms with van der Waals surface area (Å²) in [7, 11) is 0. The maximum Gasteiger partial charge on any atom is 0.176 e. The zero-order chi connectivity index (χ0) is 9.47. The SMILES string of the molecule is CC(C)(C)c1cccc(C2NO2)c1. The normalized spacial score (nSPS) is 21.6. The van der Waals surface area contributed by atoms with E-state index in [-0.39, 0.29) is 11.6 Å². The van der Waals surface area contributed by atoms with E-state index in [0.717, 1.165) is 0 Å². The largest absolute Gasteiger partial charge is 0.273 e. The van der Waals surface area contributed by atoms with Crippen LogP contribution in [-0.2, 0) is 10.3 Å². The molecule has 2 heteroatoms. The Morgan fingerprint density at radius 1 is 1.31 bits per heavy atom. The first-order chi connectivity index (χ1) is 6.07. The number of hydrogen-bond donors (Lipinski definition) is 1. The van der Waals surface area contributed by atoms with Crippen LogP contribution in [0.3, 0.4) is 0 Å². The van der Waals surface area contributed by atoms with Crippen LogP contribution in [-0.4, -0.2) is 0 Å². The average molecular weight is 177 g/mol. The fourth-order valence-electron chi connectivity index (χ4n) is 1.34. The minimum absolute atomic E-state index is 0.127. The Morgan fingerprint density at radius 3 is 2.54 bits per heavy atom. The van der Waals surface area contributed by atoms with E-state index < -0.39 is 0 Å². The van der Waals surface area contributed by atoms with Crippen LogP contribution in [0, 0.1) is 0 Å². The van der Waals surface area contributed by atoms with Crippen molar-refractivity contribution in [1.82, 2.24) is 5.48 Å². The van der Waals surface area contributed by atoms with E-state index in [1.807, 2.05) is 0 Å². The van der Waals surface area contributed by atoms with Gasteiger partial charge in [-0.25, -0.2) is 0 Å². The van der Waals surface area contributed by atoms with E-state index in [2.05, 4.69) is 50.5 Å². The predicted molar refractivity (Wildman–Crippen MR) is 52.1 cm³/mol. The molecular formula is C11H15NO. The van der Waals surface area contributed by atoms with Crippen LogP contribution in [0.25, 0.3) is 0 Å². The van der Waals surface area contributed by atoms with Crippen molar-refractivity contribution in [2.45, 2.75) is 32.4 Å². The first kappa shape index (κ1) is 8.73. The molecule has 1 heterocycles. The summed E-state index contributed by atoms with van der Waals surface area (Å²) in [5.74, 6) is 0. The van der Waals surface area contributed by atoms with Gasteiger partial charge < -0.3 is 0 Å². The van der Waals surface area contributed by atoms with Crippen LogP contribution < -0.4 is 5.48 Å². The standard InChI is InChI=1S/C11H15NO/c1-11(2,3)9-6-4-5-8(7-9)10-12-13-10/h4-7,10,12H,1-3H3. The van der Waals surface area contributed by atoms with Gasteiger partial charge in [0, 0.05) is 0 Å². The van der Waals surface area contributed by atoms with Crippen molar-refractivity contribution < 1.29 is 4.84 Å². The molecule has 0 spiro atoms. The quantitative estimate of drug-likeness (QED) is 0.669. The third-order valence-electron chi connectivity index (χ3n) is 2.29. The molecule has 1 saturated heterocycles. The van der Waals surface area contributed by atoms with Crippen molar-refractivity contribution in [1.29, 1.82) is 0 Å². The van der Waals surface area contributed by atoms with E-state index in [4.69, 9.17) is 4.84 Å². The van der Waals surface area contributed by atoms with Crippen LogP contribution in [0.5, 0.6) is 0 Å². The van der Waals surface area contributed by atoms with Crippen LogP contribution in [0.2, 0.25) is 0 Å². The Kier molecular flexibility index (Phi) is 1.90. The maximum absolute atomic E-state index is 5.01. The molecule has 2 rings (SSSR count). The second kappa shape index (κ2) is 2.82. The second-order valence-corrected chi connectivity index (χ2v) is 4.49. The summed E-state index contributed by atoms with van der Waals surface area (Å²) in [6.07, 6.45) is 0.127. The highest BCUT2D eigenvalue weighted by atomic mass is 16.8. The Labute approximate surface area is 78.9 Å². The summed E-state index contributed by atoms with van der Waals surface area (Å²) < 4.78 is 0. The van der Waals surface area contributed by atoms with Crippen LogP contribution in [0.15, 0.2) is 24.3 Å². The molecule has 1 unspecified atom stereocenters. The molecule has 13 heavy (non-hydrogen) atoms. The molecule has 1 aromatic rings. The highest BCUT2D eigenvalue weighted by Crippen LogP contribution is 2.28. The van der Waals surface area contributed by atoms with Gasteiger partial charge in [0.25, 0.3) is 0 Å². The number of rotatable bonds is 1. The van der Waals surface area contributed by atoms with Crippen molar-refractivity contribution in [2.75, 3.05) is 0 Å².